The van der Waals surface area contributed by atoms with E-state index in [0.717, 1.165) is 18.4 Å². The molecular formula is C10H12N2O3S2. The quantitative estimate of drug-likeness (QED) is 0.446. The lowest BCUT2D eigenvalue weighted by Gasteiger charge is -2.03. The largest absolute Gasteiger partial charge is 0.362 e. The van der Waals surface area contributed by atoms with E-state index in [9.17, 15) is 8.42 Å². The zero-order valence-corrected chi connectivity index (χ0v) is 10.9. The molecule has 7 heteroatoms. The van der Waals surface area contributed by atoms with E-state index in [0.29, 0.717) is 11.4 Å². The van der Waals surface area contributed by atoms with E-state index in [2.05, 4.69) is 15.2 Å². The maximum absolute atomic E-state index is 10.9. The lowest BCUT2D eigenvalue weighted by atomic mass is 10.4. The Morgan fingerprint density at radius 2 is 2.29 bits per heavy atom. The standard InChI is InChI=1S/C10H12N2O3S2/c1-17(13,14)15-9-5-4-6-10(12-9)16-8-3-2-7-11/h4-6H,2-3,8H2,1H3. The first-order valence-electron chi connectivity index (χ1n) is 4.87. The van der Waals surface area contributed by atoms with Gasteiger partial charge in [0.25, 0.3) is 0 Å². The molecule has 1 heterocycles. The third kappa shape index (κ3) is 6.14. The highest BCUT2D eigenvalue weighted by molar-refractivity contribution is 7.99. The molecule has 0 N–H and O–H groups in total. The van der Waals surface area contributed by atoms with Crippen molar-refractivity contribution >= 4 is 21.9 Å². The van der Waals surface area contributed by atoms with E-state index >= 15 is 0 Å². The molecule has 1 aromatic rings. The van der Waals surface area contributed by atoms with Crippen LogP contribution >= 0.6 is 11.8 Å². The summed E-state index contributed by atoms with van der Waals surface area (Å²) in [5, 5.41) is 9.06. The van der Waals surface area contributed by atoms with Crippen molar-refractivity contribution in [2.45, 2.75) is 17.9 Å². The summed E-state index contributed by atoms with van der Waals surface area (Å²) in [7, 11) is -3.54. The number of nitriles is 1. The third-order valence-corrected chi connectivity index (χ3v) is 3.11. The molecule has 0 unspecified atom stereocenters. The molecule has 0 amide bonds. The van der Waals surface area contributed by atoms with Gasteiger partial charge >= 0.3 is 10.1 Å². The van der Waals surface area contributed by atoms with E-state index in [1.165, 1.54) is 17.8 Å². The number of pyridine rings is 1. The van der Waals surface area contributed by atoms with Gasteiger partial charge in [0.05, 0.1) is 12.3 Å². The van der Waals surface area contributed by atoms with Gasteiger partial charge in [-0.3, -0.25) is 0 Å². The number of rotatable bonds is 6. The SMILES string of the molecule is CS(=O)(=O)Oc1cccc(SCCCC#N)n1. The average Bonchev–Trinajstić information content (AvgIpc) is 2.23. The predicted molar refractivity (Wildman–Crippen MR) is 65.3 cm³/mol. The van der Waals surface area contributed by atoms with Crippen molar-refractivity contribution < 1.29 is 12.6 Å². The summed E-state index contributed by atoms with van der Waals surface area (Å²) < 4.78 is 26.5. The van der Waals surface area contributed by atoms with Crippen LogP contribution in [0.4, 0.5) is 0 Å². The molecule has 0 aliphatic rings. The van der Waals surface area contributed by atoms with Crippen LogP contribution in [0.15, 0.2) is 23.2 Å². The fraction of sp³-hybridized carbons (Fsp3) is 0.400. The van der Waals surface area contributed by atoms with Crippen LogP contribution in [0.3, 0.4) is 0 Å². The molecule has 0 atom stereocenters. The topological polar surface area (TPSA) is 80.0 Å². The van der Waals surface area contributed by atoms with Crippen LogP contribution in [-0.4, -0.2) is 25.4 Å². The number of hydrogen-bond acceptors (Lipinski definition) is 6. The van der Waals surface area contributed by atoms with Crippen molar-refractivity contribution in [3.63, 3.8) is 0 Å². The van der Waals surface area contributed by atoms with Crippen LogP contribution in [0.25, 0.3) is 0 Å². The summed E-state index contributed by atoms with van der Waals surface area (Å²) in [5.74, 6) is 0.834. The van der Waals surface area contributed by atoms with Crippen LogP contribution in [0.1, 0.15) is 12.8 Å². The minimum atomic E-state index is -3.54. The van der Waals surface area contributed by atoms with E-state index < -0.39 is 10.1 Å². The molecular weight excluding hydrogens is 260 g/mol. The summed E-state index contributed by atoms with van der Waals surface area (Å²) in [6.45, 7) is 0. The van der Waals surface area contributed by atoms with Gasteiger partial charge in [-0.05, 0) is 12.5 Å². The number of nitrogens with zero attached hydrogens (tertiary/aromatic N) is 2. The van der Waals surface area contributed by atoms with Gasteiger partial charge in [-0.2, -0.15) is 13.7 Å². The number of thioether (sulfide) groups is 1. The summed E-state index contributed by atoms with van der Waals surface area (Å²) in [4.78, 5) is 4.03. The third-order valence-electron chi connectivity index (χ3n) is 1.62. The van der Waals surface area contributed by atoms with Crippen molar-refractivity contribution in [2.75, 3.05) is 12.0 Å². The van der Waals surface area contributed by atoms with Gasteiger partial charge in [-0.25, -0.2) is 4.98 Å². The van der Waals surface area contributed by atoms with Crippen LogP contribution < -0.4 is 4.18 Å². The van der Waals surface area contributed by atoms with Gasteiger partial charge in [-0.15, -0.1) is 11.8 Å². The molecule has 1 rings (SSSR count). The molecule has 0 aliphatic carbocycles. The van der Waals surface area contributed by atoms with Gasteiger partial charge in [0.1, 0.15) is 5.03 Å². The van der Waals surface area contributed by atoms with Crippen LogP contribution in [0.5, 0.6) is 5.88 Å². The minimum absolute atomic E-state index is 0.0674. The highest BCUT2D eigenvalue weighted by atomic mass is 32.2. The molecule has 17 heavy (non-hydrogen) atoms. The fourth-order valence-electron chi connectivity index (χ4n) is 1.01. The minimum Gasteiger partial charge on any atom is -0.362 e. The van der Waals surface area contributed by atoms with Gasteiger partial charge in [-0.1, -0.05) is 6.07 Å². The second kappa shape index (κ2) is 6.47. The summed E-state index contributed by atoms with van der Waals surface area (Å²) in [6, 6.07) is 7.00. The summed E-state index contributed by atoms with van der Waals surface area (Å²) >= 11 is 1.46. The van der Waals surface area contributed by atoms with Crippen LogP contribution in [0, 0.1) is 11.3 Å². The molecule has 5 nitrogen and oxygen atoms in total. The van der Waals surface area contributed by atoms with Crippen LogP contribution in [-0.2, 0) is 10.1 Å². The Bertz CT molecular complexity index is 509. The lowest BCUT2D eigenvalue weighted by Crippen LogP contribution is -2.07. The van der Waals surface area contributed by atoms with Gasteiger partial charge < -0.3 is 4.18 Å². The second-order valence-corrected chi connectivity index (χ2v) is 5.90. The highest BCUT2D eigenvalue weighted by Gasteiger charge is 2.06. The van der Waals surface area contributed by atoms with E-state index in [4.69, 9.17) is 5.26 Å². The first-order chi connectivity index (χ1) is 8.01. The molecule has 0 radical (unpaired) electrons. The first kappa shape index (κ1) is 13.8. The normalized spacial score (nSPS) is 10.8. The van der Waals surface area contributed by atoms with E-state index in [1.54, 1.807) is 12.1 Å². The Kier molecular flexibility index (Phi) is 5.25. The smallest absolute Gasteiger partial charge is 0.307 e. The average molecular weight is 272 g/mol. The Morgan fingerprint density at radius 1 is 1.53 bits per heavy atom. The van der Waals surface area contributed by atoms with Crippen molar-refractivity contribution in [1.82, 2.24) is 4.98 Å². The van der Waals surface area contributed by atoms with Crippen LogP contribution in [0.2, 0.25) is 0 Å². The zero-order valence-electron chi connectivity index (χ0n) is 9.29. The lowest BCUT2D eigenvalue weighted by molar-refractivity contribution is 0.480. The van der Waals surface area contributed by atoms with E-state index in [1.807, 2.05) is 0 Å². The Hall–Kier alpha value is -1.26. The highest BCUT2D eigenvalue weighted by Crippen LogP contribution is 2.20. The predicted octanol–water partition coefficient (Wildman–Crippen LogP) is 1.82. The zero-order chi connectivity index (χ0) is 12.7. The summed E-state index contributed by atoms with van der Waals surface area (Å²) in [5.41, 5.74) is 0. The molecule has 0 aliphatic heterocycles. The molecule has 0 bridgehead atoms. The monoisotopic (exact) mass is 272 g/mol. The van der Waals surface area contributed by atoms with Crippen molar-refractivity contribution in [3.8, 4) is 11.9 Å². The summed E-state index contributed by atoms with van der Waals surface area (Å²) in [6.07, 6.45) is 2.26. The number of hydrogen-bond donors (Lipinski definition) is 0. The van der Waals surface area contributed by atoms with Gasteiger partial charge in [0.2, 0.25) is 5.88 Å². The van der Waals surface area contributed by atoms with Crippen molar-refractivity contribution in [1.29, 1.82) is 5.26 Å². The first-order valence-corrected chi connectivity index (χ1v) is 7.68. The van der Waals surface area contributed by atoms with Crippen molar-refractivity contribution in [3.05, 3.63) is 18.2 Å². The van der Waals surface area contributed by atoms with E-state index in [-0.39, 0.29) is 5.88 Å². The molecule has 0 saturated heterocycles. The number of unbranched alkanes of at least 4 members (excludes halogenated alkanes) is 1. The van der Waals surface area contributed by atoms with Gasteiger partial charge in [0.15, 0.2) is 0 Å². The second-order valence-electron chi connectivity index (χ2n) is 3.21. The molecule has 1 aromatic heterocycles. The number of aromatic nitrogens is 1. The Labute approximate surface area is 105 Å². The molecule has 92 valence electrons. The van der Waals surface area contributed by atoms with Crippen molar-refractivity contribution in [2.24, 2.45) is 0 Å². The maximum atomic E-state index is 10.9. The van der Waals surface area contributed by atoms with Gasteiger partial charge in [0, 0.05) is 18.2 Å². The Balaban J connectivity index is 2.57. The fourth-order valence-corrected chi connectivity index (χ4v) is 2.24. The molecule has 0 spiro atoms. The molecule has 0 fully saturated rings. The maximum Gasteiger partial charge on any atom is 0.307 e. The molecule has 0 aromatic carbocycles. The Morgan fingerprint density at radius 3 is 2.94 bits per heavy atom. The molecule has 0 saturated carbocycles.